The average Bonchev–Trinajstić information content (AvgIpc) is 2.46. The number of carbonyl (C=O) groups is 1. The van der Waals surface area contributed by atoms with Crippen LogP contribution in [-0.4, -0.2) is 19.5 Å². The number of ether oxygens (including phenoxy) is 2. The number of ketones is 1. The highest BCUT2D eigenvalue weighted by molar-refractivity contribution is 6.32. The Hall–Kier alpha value is -2.00. The molecule has 2 aromatic carbocycles. The van der Waals surface area contributed by atoms with Gasteiger partial charge in [0.2, 0.25) is 0 Å². The number of hydrogen-bond donors (Lipinski definition) is 0. The number of carbonyl (C=O) groups excluding carboxylic acids is 1. The van der Waals surface area contributed by atoms with Gasteiger partial charge in [-0.1, -0.05) is 29.8 Å². The van der Waals surface area contributed by atoms with E-state index < -0.39 is 0 Å². The van der Waals surface area contributed by atoms with Crippen LogP contribution in [0.1, 0.15) is 21.5 Å². The van der Waals surface area contributed by atoms with Gasteiger partial charge in [-0.05, 0) is 43.2 Å². The predicted molar refractivity (Wildman–Crippen MR) is 83.7 cm³/mol. The third-order valence-electron chi connectivity index (χ3n) is 3.23. The lowest BCUT2D eigenvalue weighted by molar-refractivity contribution is 0.0920. The van der Waals surface area contributed by atoms with Crippen molar-refractivity contribution in [2.24, 2.45) is 0 Å². The molecule has 0 amide bonds. The molecule has 0 aliphatic heterocycles. The summed E-state index contributed by atoms with van der Waals surface area (Å²) in [5.74, 6) is 1.18. The molecule has 2 aromatic rings. The third kappa shape index (κ3) is 3.56. The second-order valence-corrected chi connectivity index (χ2v) is 5.19. The van der Waals surface area contributed by atoms with Gasteiger partial charge in [0.1, 0.15) is 11.5 Å². The summed E-state index contributed by atoms with van der Waals surface area (Å²) in [5, 5.41) is 0.412. The number of Topliss-reactive ketones (excluding diaryl/α,β-unsaturated/α-hetero) is 1. The highest BCUT2D eigenvalue weighted by Gasteiger charge is 2.11. The lowest BCUT2D eigenvalue weighted by Crippen LogP contribution is -2.12. The summed E-state index contributed by atoms with van der Waals surface area (Å²) in [6.07, 6.45) is 0. The molecular formula is C17H17ClO3. The first-order chi connectivity index (χ1) is 10.0. The van der Waals surface area contributed by atoms with E-state index in [9.17, 15) is 4.79 Å². The van der Waals surface area contributed by atoms with Crippen molar-refractivity contribution in [2.75, 3.05) is 13.7 Å². The molecule has 21 heavy (non-hydrogen) atoms. The highest BCUT2D eigenvalue weighted by atomic mass is 35.5. The Morgan fingerprint density at radius 2 is 1.81 bits per heavy atom. The molecule has 0 atom stereocenters. The van der Waals surface area contributed by atoms with Gasteiger partial charge in [-0.15, -0.1) is 0 Å². The third-order valence-corrected chi connectivity index (χ3v) is 3.53. The van der Waals surface area contributed by atoms with E-state index >= 15 is 0 Å². The normalized spacial score (nSPS) is 10.3. The molecule has 0 spiro atoms. The second-order valence-electron chi connectivity index (χ2n) is 4.78. The molecular weight excluding hydrogens is 288 g/mol. The zero-order valence-electron chi connectivity index (χ0n) is 12.3. The van der Waals surface area contributed by atoms with Crippen molar-refractivity contribution in [2.45, 2.75) is 13.8 Å². The van der Waals surface area contributed by atoms with Crippen LogP contribution in [0.2, 0.25) is 5.02 Å². The summed E-state index contributed by atoms with van der Waals surface area (Å²) >= 11 is 6.02. The molecule has 0 saturated carbocycles. The number of halogens is 1. The standard InChI is InChI=1S/C17H17ClO3/c1-11-5-4-6-12(2)17(11)21-10-15(19)13-7-8-16(20-3)14(18)9-13/h4-9H,10H2,1-3H3. The summed E-state index contributed by atoms with van der Waals surface area (Å²) in [6, 6.07) is 10.8. The molecule has 3 nitrogen and oxygen atoms in total. The molecule has 0 N–H and O–H groups in total. The van der Waals surface area contributed by atoms with Crippen molar-refractivity contribution in [3.8, 4) is 11.5 Å². The first-order valence-corrected chi connectivity index (χ1v) is 6.96. The van der Waals surface area contributed by atoms with Crippen molar-refractivity contribution < 1.29 is 14.3 Å². The van der Waals surface area contributed by atoms with Gasteiger partial charge in [0.15, 0.2) is 12.4 Å². The van der Waals surface area contributed by atoms with Gasteiger partial charge in [0.05, 0.1) is 12.1 Å². The van der Waals surface area contributed by atoms with Crippen molar-refractivity contribution in [3.05, 3.63) is 58.1 Å². The Bertz CT molecular complexity index is 645. The molecule has 110 valence electrons. The van der Waals surface area contributed by atoms with E-state index in [0.717, 1.165) is 16.9 Å². The maximum absolute atomic E-state index is 12.2. The van der Waals surface area contributed by atoms with Gasteiger partial charge in [-0.25, -0.2) is 0 Å². The number of rotatable bonds is 5. The number of methoxy groups -OCH3 is 1. The molecule has 0 unspecified atom stereocenters. The van der Waals surface area contributed by atoms with E-state index in [2.05, 4.69) is 0 Å². The van der Waals surface area contributed by atoms with Crippen molar-refractivity contribution in [3.63, 3.8) is 0 Å². The molecule has 0 bridgehead atoms. The van der Waals surface area contributed by atoms with Crippen LogP contribution in [0.5, 0.6) is 11.5 Å². The van der Waals surface area contributed by atoms with E-state index in [0.29, 0.717) is 16.3 Å². The molecule has 0 radical (unpaired) electrons. The topological polar surface area (TPSA) is 35.5 Å². The molecule has 0 saturated heterocycles. The average molecular weight is 305 g/mol. The molecule has 0 aliphatic rings. The molecule has 2 rings (SSSR count). The molecule has 0 aliphatic carbocycles. The van der Waals surface area contributed by atoms with E-state index in [1.807, 2.05) is 32.0 Å². The van der Waals surface area contributed by atoms with Gasteiger partial charge < -0.3 is 9.47 Å². The first-order valence-electron chi connectivity index (χ1n) is 6.58. The lowest BCUT2D eigenvalue weighted by Gasteiger charge is -2.11. The summed E-state index contributed by atoms with van der Waals surface area (Å²) in [4.78, 5) is 12.2. The van der Waals surface area contributed by atoms with Gasteiger partial charge in [0.25, 0.3) is 0 Å². The summed E-state index contributed by atoms with van der Waals surface area (Å²) in [6.45, 7) is 3.89. The van der Waals surface area contributed by atoms with E-state index in [1.54, 1.807) is 18.2 Å². The van der Waals surface area contributed by atoms with Crippen LogP contribution in [0.4, 0.5) is 0 Å². The second kappa shape index (κ2) is 6.64. The zero-order chi connectivity index (χ0) is 15.4. The Kier molecular flexibility index (Phi) is 4.86. The quantitative estimate of drug-likeness (QED) is 0.776. The van der Waals surface area contributed by atoms with Crippen molar-refractivity contribution in [1.82, 2.24) is 0 Å². The van der Waals surface area contributed by atoms with Crippen LogP contribution in [0.15, 0.2) is 36.4 Å². The number of benzene rings is 2. The van der Waals surface area contributed by atoms with E-state index in [-0.39, 0.29) is 12.4 Å². The minimum Gasteiger partial charge on any atom is -0.495 e. The van der Waals surface area contributed by atoms with Crippen LogP contribution in [0.25, 0.3) is 0 Å². The summed E-state index contributed by atoms with van der Waals surface area (Å²) < 4.78 is 10.7. The van der Waals surface area contributed by atoms with E-state index in [4.69, 9.17) is 21.1 Å². The predicted octanol–water partition coefficient (Wildman–Crippen LogP) is 4.23. The summed E-state index contributed by atoms with van der Waals surface area (Å²) in [7, 11) is 1.53. The van der Waals surface area contributed by atoms with Crippen LogP contribution >= 0.6 is 11.6 Å². The fourth-order valence-electron chi connectivity index (χ4n) is 2.09. The van der Waals surface area contributed by atoms with Gasteiger partial charge in [-0.2, -0.15) is 0 Å². The van der Waals surface area contributed by atoms with Crippen molar-refractivity contribution in [1.29, 1.82) is 0 Å². The minimum absolute atomic E-state index is 0.0195. The Morgan fingerprint density at radius 3 is 2.38 bits per heavy atom. The fourth-order valence-corrected chi connectivity index (χ4v) is 2.35. The Morgan fingerprint density at radius 1 is 1.14 bits per heavy atom. The molecule has 4 heteroatoms. The molecule has 0 heterocycles. The molecule has 0 aromatic heterocycles. The van der Waals surface area contributed by atoms with Crippen LogP contribution in [0.3, 0.4) is 0 Å². The van der Waals surface area contributed by atoms with Crippen molar-refractivity contribution >= 4 is 17.4 Å². The summed E-state index contributed by atoms with van der Waals surface area (Å²) in [5.41, 5.74) is 2.53. The smallest absolute Gasteiger partial charge is 0.200 e. The maximum Gasteiger partial charge on any atom is 0.200 e. The molecule has 0 fully saturated rings. The highest BCUT2D eigenvalue weighted by Crippen LogP contribution is 2.26. The zero-order valence-corrected chi connectivity index (χ0v) is 13.0. The SMILES string of the molecule is COc1ccc(C(=O)COc2c(C)cccc2C)cc1Cl. The largest absolute Gasteiger partial charge is 0.495 e. The first kappa shape index (κ1) is 15.4. The van der Waals surface area contributed by atoms with Gasteiger partial charge in [0, 0.05) is 5.56 Å². The number of hydrogen-bond acceptors (Lipinski definition) is 3. The van der Waals surface area contributed by atoms with Gasteiger partial charge in [-0.3, -0.25) is 4.79 Å². The lowest BCUT2D eigenvalue weighted by atomic mass is 10.1. The minimum atomic E-state index is -0.123. The number of para-hydroxylation sites is 1. The van der Waals surface area contributed by atoms with Gasteiger partial charge >= 0.3 is 0 Å². The fraction of sp³-hybridized carbons (Fsp3) is 0.235. The van der Waals surface area contributed by atoms with Crippen LogP contribution in [0, 0.1) is 13.8 Å². The Labute approximate surface area is 129 Å². The monoisotopic (exact) mass is 304 g/mol. The van der Waals surface area contributed by atoms with Crippen LogP contribution in [-0.2, 0) is 0 Å². The van der Waals surface area contributed by atoms with E-state index in [1.165, 1.54) is 7.11 Å². The van der Waals surface area contributed by atoms with Crippen LogP contribution < -0.4 is 9.47 Å². The number of aryl methyl sites for hydroxylation is 2. The Balaban J connectivity index is 2.10. The maximum atomic E-state index is 12.2.